The Morgan fingerprint density at radius 3 is 2.65 bits per heavy atom. The number of nitrogens with one attached hydrogen (secondary N) is 1. The van der Waals surface area contributed by atoms with Crippen LogP contribution in [0.3, 0.4) is 0 Å². The highest BCUT2D eigenvalue weighted by Gasteiger charge is 2.13. The van der Waals surface area contributed by atoms with E-state index in [0.29, 0.717) is 23.1 Å². The van der Waals surface area contributed by atoms with Gasteiger partial charge in [0.1, 0.15) is 12.4 Å². The predicted molar refractivity (Wildman–Crippen MR) is 115 cm³/mol. The van der Waals surface area contributed by atoms with Gasteiger partial charge in [0, 0.05) is 18.2 Å². The lowest BCUT2D eigenvalue weighted by atomic mass is 10.2. The largest absolute Gasteiger partial charge is 0.497 e. The van der Waals surface area contributed by atoms with Crippen LogP contribution in [0, 0.1) is 0 Å². The molecule has 0 radical (unpaired) electrons. The summed E-state index contributed by atoms with van der Waals surface area (Å²) in [5.74, 6) is 1.49. The van der Waals surface area contributed by atoms with Crippen LogP contribution in [0.15, 0.2) is 66.7 Å². The number of hydrogen-bond donors (Lipinski definition) is 1. The third-order valence-electron chi connectivity index (χ3n) is 4.44. The minimum atomic E-state index is -3.45. The molecule has 2 heterocycles. The molecule has 0 saturated heterocycles. The van der Waals surface area contributed by atoms with Crippen LogP contribution in [0.2, 0.25) is 0 Å². The van der Waals surface area contributed by atoms with E-state index in [4.69, 9.17) is 9.47 Å². The summed E-state index contributed by atoms with van der Waals surface area (Å²) in [7, 11) is -1.86. The van der Waals surface area contributed by atoms with Crippen molar-refractivity contribution < 1.29 is 17.9 Å². The zero-order valence-electron chi connectivity index (χ0n) is 16.8. The minimum absolute atomic E-state index is 0.0807. The summed E-state index contributed by atoms with van der Waals surface area (Å²) >= 11 is 0. The van der Waals surface area contributed by atoms with Gasteiger partial charge in [0.15, 0.2) is 11.5 Å². The van der Waals surface area contributed by atoms with Gasteiger partial charge in [-0.05, 0) is 23.8 Å². The number of rotatable bonds is 9. The molecule has 0 fully saturated rings. The first kappa shape index (κ1) is 20.8. The summed E-state index contributed by atoms with van der Waals surface area (Å²) < 4.78 is 39.4. The number of hydrogen-bond acceptors (Lipinski definition) is 7. The fourth-order valence-electron chi connectivity index (χ4n) is 2.99. The van der Waals surface area contributed by atoms with E-state index in [9.17, 15) is 8.42 Å². The molecule has 0 bridgehead atoms. The molecular weight excluding hydrogens is 418 g/mol. The van der Waals surface area contributed by atoms with Crippen LogP contribution in [0.1, 0.15) is 5.56 Å². The van der Waals surface area contributed by atoms with E-state index >= 15 is 0 Å². The van der Waals surface area contributed by atoms with Crippen molar-refractivity contribution in [3.05, 3.63) is 72.3 Å². The van der Waals surface area contributed by atoms with Gasteiger partial charge in [0.25, 0.3) is 0 Å². The molecule has 0 amide bonds. The SMILES string of the molecule is COc1cccc(-c2nnc3ccc(OCCNS(=O)(=O)Cc4ccccc4)nn23)c1. The second-order valence-electron chi connectivity index (χ2n) is 6.68. The molecule has 9 nitrogen and oxygen atoms in total. The van der Waals surface area contributed by atoms with Crippen LogP contribution in [-0.2, 0) is 15.8 Å². The van der Waals surface area contributed by atoms with Gasteiger partial charge < -0.3 is 9.47 Å². The number of ether oxygens (including phenoxy) is 2. The standard InChI is InChI=1S/C21H21N5O4S/c1-29-18-9-5-8-17(14-18)21-24-23-19-10-11-20(25-26(19)21)30-13-12-22-31(27,28)15-16-6-3-2-4-7-16/h2-11,14,22H,12-13,15H2,1H3. The highest BCUT2D eigenvalue weighted by molar-refractivity contribution is 7.88. The summed E-state index contributed by atoms with van der Waals surface area (Å²) in [6, 6.07) is 19.8. The number of fused-ring (bicyclic) bond motifs is 1. The lowest BCUT2D eigenvalue weighted by Gasteiger charge is -2.09. The molecule has 0 unspecified atom stereocenters. The van der Waals surface area contributed by atoms with Gasteiger partial charge in [-0.3, -0.25) is 0 Å². The van der Waals surface area contributed by atoms with Crippen molar-refractivity contribution in [2.45, 2.75) is 5.75 Å². The fourth-order valence-corrected chi connectivity index (χ4v) is 4.12. The smallest absolute Gasteiger partial charge is 0.231 e. The second kappa shape index (κ2) is 9.11. The summed E-state index contributed by atoms with van der Waals surface area (Å²) in [6.45, 7) is 0.253. The van der Waals surface area contributed by atoms with Gasteiger partial charge in [-0.2, -0.15) is 4.52 Å². The van der Waals surface area contributed by atoms with E-state index in [1.165, 1.54) is 0 Å². The Labute approximate surface area is 179 Å². The van der Waals surface area contributed by atoms with Crippen molar-refractivity contribution in [1.29, 1.82) is 0 Å². The van der Waals surface area contributed by atoms with E-state index in [1.807, 2.05) is 30.3 Å². The molecule has 160 valence electrons. The maximum Gasteiger partial charge on any atom is 0.231 e. The molecule has 0 aliphatic heterocycles. The molecule has 4 rings (SSSR count). The monoisotopic (exact) mass is 439 g/mol. The normalized spacial score (nSPS) is 11.5. The molecule has 4 aromatic rings. The molecular formula is C21H21N5O4S. The van der Waals surface area contributed by atoms with E-state index < -0.39 is 10.0 Å². The zero-order valence-corrected chi connectivity index (χ0v) is 17.6. The van der Waals surface area contributed by atoms with Gasteiger partial charge in [0.05, 0.1) is 12.9 Å². The number of sulfonamides is 1. The van der Waals surface area contributed by atoms with Crippen molar-refractivity contribution in [2.75, 3.05) is 20.3 Å². The highest BCUT2D eigenvalue weighted by Crippen LogP contribution is 2.23. The average molecular weight is 439 g/mol. The van der Waals surface area contributed by atoms with Crippen molar-refractivity contribution in [1.82, 2.24) is 24.5 Å². The molecule has 1 N–H and O–H groups in total. The highest BCUT2D eigenvalue weighted by atomic mass is 32.2. The van der Waals surface area contributed by atoms with Crippen molar-refractivity contribution in [3.63, 3.8) is 0 Å². The molecule has 0 aliphatic rings. The fraction of sp³-hybridized carbons (Fsp3) is 0.190. The number of nitrogens with zero attached hydrogens (tertiary/aromatic N) is 4. The van der Waals surface area contributed by atoms with Gasteiger partial charge in [-0.1, -0.05) is 42.5 Å². The van der Waals surface area contributed by atoms with E-state index in [0.717, 1.165) is 11.1 Å². The molecule has 2 aromatic heterocycles. The Hall–Kier alpha value is -3.50. The van der Waals surface area contributed by atoms with Gasteiger partial charge in [0.2, 0.25) is 15.9 Å². The first-order valence-electron chi connectivity index (χ1n) is 9.55. The number of aromatic nitrogens is 4. The zero-order chi connectivity index (χ0) is 21.7. The van der Waals surface area contributed by atoms with E-state index in [-0.39, 0.29) is 18.9 Å². The van der Waals surface area contributed by atoms with Gasteiger partial charge >= 0.3 is 0 Å². The maximum absolute atomic E-state index is 12.2. The minimum Gasteiger partial charge on any atom is -0.497 e. The third kappa shape index (κ3) is 5.16. The van der Waals surface area contributed by atoms with Crippen molar-refractivity contribution in [3.8, 4) is 23.0 Å². The summed E-state index contributed by atoms with van der Waals surface area (Å²) in [6.07, 6.45) is 0. The van der Waals surface area contributed by atoms with Crippen LogP contribution in [0.25, 0.3) is 17.0 Å². The Bertz CT molecular complexity index is 1280. The Morgan fingerprint density at radius 1 is 1.00 bits per heavy atom. The van der Waals surface area contributed by atoms with Crippen LogP contribution in [-0.4, -0.2) is 48.5 Å². The molecule has 2 aromatic carbocycles. The lowest BCUT2D eigenvalue weighted by Crippen LogP contribution is -2.29. The van der Waals surface area contributed by atoms with Crippen LogP contribution < -0.4 is 14.2 Å². The van der Waals surface area contributed by atoms with Crippen LogP contribution in [0.4, 0.5) is 0 Å². The van der Waals surface area contributed by atoms with Crippen LogP contribution >= 0.6 is 0 Å². The lowest BCUT2D eigenvalue weighted by molar-refractivity contribution is 0.306. The van der Waals surface area contributed by atoms with Gasteiger partial charge in [-0.25, -0.2) is 13.1 Å². The van der Waals surface area contributed by atoms with E-state index in [2.05, 4.69) is 20.0 Å². The first-order valence-corrected chi connectivity index (χ1v) is 11.2. The average Bonchev–Trinajstić information content (AvgIpc) is 3.20. The summed E-state index contributed by atoms with van der Waals surface area (Å²) in [4.78, 5) is 0. The molecule has 0 aliphatic carbocycles. The molecule has 31 heavy (non-hydrogen) atoms. The predicted octanol–water partition coefficient (Wildman–Crippen LogP) is 2.30. The van der Waals surface area contributed by atoms with E-state index in [1.54, 1.807) is 48.0 Å². The Kier molecular flexibility index (Phi) is 6.10. The summed E-state index contributed by atoms with van der Waals surface area (Å²) in [5.41, 5.74) is 2.08. The maximum atomic E-state index is 12.2. The van der Waals surface area contributed by atoms with Gasteiger partial charge in [-0.15, -0.1) is 15.3 Å². The van der Waals surface area contributed by atoms with Crippen molar-refractivity contribution in [2.24, 2.45) is 0 Å². The summed E-state index contributed by atoms with van der Waals surface area (Å²) in [5, 5.41) is 12.7. The van der Waals surface area contributed by atoms with Crippen molar-refractivity contribution >= 4 is 15.7 Å². The topological polar surface area (TPSA) is 108 Å². The quantitative estimate of drug-likeness (QED) is 0.399. The van der Waals surface area contributed by atoms with Crippen LogP contribution in [0.5, 0.6) is 11.6 Å². The first-order chi connectivity index (χ1) is 15.0. The Balaban J connectivity index is 1.40. The molecule has 10 heteroatoms. The molecule has 0 spiro atoms. The molecule has 0 atom stereocenters. The number of methoxy groups -OCH3 is 1. The number of benzene rings is 2. The second-order valence-corrected chi connectivity index (χ2v) is 8.49. The Morgan fingerprint density at radius 2 is 1.84 bits per heavy atom. The molecule has 0 saturated carbocycles. The third-order valence-corrected chi connectivity index (χ3v) is 5.80.